The molecule has 1 aromatic carbocycles. The van der Waals surface area contributed by atoms with Crippen LogP contribution in [-0.2, 0) is 11.3 Å². The van der Waals surface area contributed by atoms with E-state index in [4.69, 9.17) is 10.5 Å². The zero-order chi connectivity index (χ0) is 14.4. The standard InChI is InChI=1S/C15H17N3O2/c1-2-20-15(19)12-5-8-14(18-10-12)17-9-11-3-6-13(16)7-4-11/h3-8,10H,2,9,16H2,1H3,(H,17,18). The third-order valence-electron chi connectivity index (χ3n) is 2.73. The van der Waals surface area contributed by atoms with E-state index in [9.17, 15) is 4.79 Å². The van der Waals surface area contributed by atoms with Crippen LogP contribution in [-0.4, -0.2) is 17.6 Å². The Bertz CT molecular complexity index is 565. The van der Waals surface area contributed by atoms with E-state index in [0.717, 1.165) is 11.3 Å². The molecule has 1 aromatic heterocycles. The van der Waals surface area contributed by atoms with Crippen molar-refractivity contribution in [2.45, 2.75) is 13.5 Å². The van der Waals surface area contributed by atoms with Crippen LogP contribution in [0.1, 0.15) is 22.8 Å². The summed E-state index contributed by atoms with van der Waals surface area (Å²) >= 11 is 0. The van der Waals surface area contributed by atoms with Crippen LogP contribution in [0.2, 0.25) is 0 Å². The van der Waals surface area contributed by atoms with Crippen LogP contribution in [0.15, 0.2) is 42.6 Å². The molecule has 5 heteroatoms. The van der Waals surface area contributed by atoms with Gasteiger partial charge in [-0.2, -0.15) is 0 Å². The van der Waals surface area contributed by atoms with Gasteiger partial charge in [-0.3, -0.25) is 0 Å². The third kappa shape index (κ3) is 3.71. The Balaban J connectivity index is 1.93. The highest BCUT2D eigenvalue weighted by Gasteiger charge is 2.06. The predicted octanol–water partition coefficient (Wildman–Crippen LogP) is 2.45. The van der Waals surface area contributed by atoms with Crippen molar-refractivity contribution in [3.8, 4) is 0 Å². The summed E-state index contributed by atoms with van der Waals surface area (Å²) in [5.41, 5.74) is 7.92. The molecule has 0 radical (unpaired) electrons. The molecular weight excluding hydrogens is 254 g/mol. The first-order chi connectivity index (χ1) is 9.69. The number of aromatic nitrogens is 1. The number of nitrogens with two attached hydrogens (primary N) is 1. The van der Waals surface area contributed by atoms with Gasteiger partial charge in [0.25, 0.3) is 0 Å². The second kappa shape index (κ2) is 6.56. The molecule has 2 rings (SSSR count). The molecule has 1 heterocycles. The molecule has 0 spiro atoms. The molecule has 0 aliphatic rings. The number of nitrogens with one attached hydrogen (secondary N) is 1. The highest BCUT2D eigenvalue weighted by molar-refractivity contribution is 5.89. The fourth-order valence-corrected chi connectivity index (χ4v) is 1.66. The van der Waals surface area contributed by atoms with Gasteiger partial charge >= 0.3 is 5.97 Å². The molecule has 0 saturated carbocycles. The molecule has 104 valence electrons. The molecule has 0 saturated heterocycles. The summed E-state index contributed by atoms with van der Waals surface area (Å²) in [4.78, 5) is 15.7. The summed E-state index contributed by atoms with van der Waals surface area (Å²) < 4.78 is 4.90. The molecule has 0 unspecified atom stereocenters. The highest BCUT2D eigenvalue weighted by atomic mass is 16.5. The first-order valence-electron chi connectivity index (χ1n) is 6.40. The average Bonchev–Trinajstić information content (AvgIpc) is 2.47. The second-order valence-electron chi connectivity index (χ2n) is 4.25. The molecule has 20 heavy (non-hydrogen) atoms. The number of hydrogen-bond acceptors (Lipinski definition) is 5. The van der Waals surface area contributed by atoms with E-state index in [0.29, 0.717) is 24.5 Å². The minimum absolute atomic E-state index is 0.356. The largest absolute Gasteiger partial charge is 0.462 e. The number of benzene rings is 1. The Morgan fingerprint density at radius 2 is 2.00 bits per heavy atom. The van der Waals surface area contributed by atoms with Crippen molar-refractivity contribution < 1.29 is 9.53 Å². The average molecular weight is 271 g/mol. The number of pyridine rings is 1. The van der Waals surface area contributed by atoms with Gasteiger partial charge in [0.05, 0.1) is 12.2 Å². The number of esters is 1. The molecular formula is C15H17N3O2. The minimum Gasteiger partial charge on any atom is -0.462 e. The van der Waals surface area contributed by atoms with Crippen LogP contribution in [0.25, 0.3) is 0 Å². The zero-order valence-electron chi connectivity index (χ0n) is 11.3. The summed E-state index contributed by atoms with van der Waals surface area (Å²) in [7, 11) is 0. The monoisotopic (exact) mass is 271 g/mol. The van der Waals surface area contributed by atoms with Crippen LogP contribution in [0.5, 0.6) is 0 Å². The maximum atomic E-state index is 11.5. The van der Waals surface area contributed by atoms with E-state index in [1.807, 2.05) is 24.3 Å². The van der Waals surface area contributed by atoms with Crippen LogP contribution >= 0.6 is 0 Å². The Hall–Kier alpha value is -2.56. The Kier molecular flexibility index (Phi) is 4.55. The number of carbonyl (C=O) groups is 1. The molecule has 5 nitrogen and oxygen atoms in total. The maximum absolute atomic E-state index is 11.5. The number of nitrogen functional groups attached to an aromatic ring is 1. The van der Waals surface area contributed by atoms with Crippen LogP contribution in [0.3, 0.4) is 0 Å². The Labute approximate surface area is 117 Å². The fourth-order valence-electron chi connectivity index (χ4n) is 1.66. The number of carbonyl (C=O) groups excluding carboxylic acids is 1. The van der Waals surface area contributed by atoms with Crippen molar-refractivity contribution in [2.75, 3.05) is 17.7 Å². The summed E-state index contributed by atoms with van der Waals surface area (Å²) in [5.74, 6) is 0.347. The van der Waals surface area contributed by atoms with Crippen molar-refractivity contribution in [1.82, 2.24) is 4.98 Å². The van der Waals surface area contributed by atoms with E-state index in [1.54, 1.807) is 19.1 Å². The van der Waals surface area contributed by atoms with Crippen LogP contribution in [0.4, 0.5) is 11.5 Å². The van der Waals surface area contributed by atoms with E-state index in [-0.39, 0.29) is 5.97 Å². The van der Waals surface area contributed by atoms with Crippen molar-refractivity contribution in [3.63, 3.8) is 0 Å². The molecule has 0 amide bonds. The Morgan fingerprint density at radius 3 is 2.60 bits per heavy atom. The fraction of sp³-hybridized carbons (Fsp3) is 0.200. The summed E-state index contributed by atoms with van der Waals surface area (Å²) in [5, 5.41) is 3.17. The Morgan fingerprint density at radius 1 is 1.25 bits per heavy atom. The SMILES string of the molecule is CCOC(=O)c1ccc(NCc2ccc(N)cc2)nc1. The van der Waals surface area contributed by atoms with Crippen molar-refractivity contribution in [1.29, 1.82) is 0 Å². The van der Waals surface area contributed by atoms with E-state index < -0.39 is 0 Å². The van der Waals surface area contributed by atoms with Crippen LogP contribution < -0.4 is 11.1 Å². The smallest absolute Gasteiger partial charge is 0.339 e. The number of rotatable bonds is 5. The number of nitrogens with zero attached hydrogens (tertiary/aromatic N) is 1. The second-order valence-corrected chi connectivity index (χ2v) is 4.25. The van der Waals surface area contributed by atoms with Gasteiger partial charge in [-0.1, -0.05) is 12.1 Å². The van der Waals surface area contributed by atoms with Crippen molar-refractivity contribution in [3.05, 3.63) is 53.7 Å². The minimum atomic E-state index is -0.356. The normalized spacial score (nSPS) is 10.1. The lowest BCUT2D eigenvalue weighted by Gasteiger charge is -2.07. The summed E-state index contributed by atoms with van der Waals surface area (Å²) in [6, 6.07) is 11.1. The predicted molar refractivity (Wildman–Crippen MR) is 78.4 cm³/mol. The first kappa shape index (κ1) is 13.9. The summed E-state index contributed by atoms with van der Waals surface area (Å²) in [6.45, 7) is 2.77. The van der Waals surface area contributed by atoms with Gasteiger partial charge in [0.15, 0.2) is 0 Å². The number of anilines is 2. The van der Waals surface area contributed by atoms with E-state index in [2.05, 4.69) is 10.3 Å². The lowest BCUT2D eigenvalue weighted by molar-refractivity contribution is 0.0526. The van der Waals surface area contributed by atoms with Gasteiger partial charge in [-0.25, -0.2) is 9.78 Å². The molecule has 3 N–H and O–H groups in total. The number of ether oxygens (including phenoxy) is 1. The molecule has 2 aromatic rings. The van der Waals surface area contributed by atoms with Gasteiger partial charge in [0.1, 0.15) is 5.82 Å². The molecule has 0 bridgehead atoms. The van der Waals surface area contributed by atoms with Gasteiger partial charge in [-0.15, -0.1) is 0 Å². The van der Waals surface area contributed by atoms with E-state index in [1.165, 1.54) is 6.20 Å². The maximum Gasteiger partial charge on any atom is 0.339 e. The molecule has 0 aliphatic carbocycles. The van der Waals surface area contributed by atoms with E-state index >= 15 is 0 Å². The zero-order valence-corrected chi connectivity index (χ0v) is 11.3. The van der Waals surface area contributed by atoms with Gasteiger partial charge in [0.2, 0.25) is 0 Å². The highest BCUT2D eigenvalue weighted by Crippen LogP contribution is 2.10. The van der Waals surface area contributed by atoms with Gasteiger partial charge in [-0.05, 0) is 36.8 Å². The first-order valence-corrected chi connectivity index (χ1v) is 6.40. The van der Waals surface area contributed by atoms with Gasteiger partial charge in [0, 0.05) is 18.4 Å². The van der Waals surface area contributed by atoms with Crippen LogP contribution in [0, 0.1) is 0 Å². The third-order valence-corrected chi connectivity index (χ3v) is 2.73. The molecule has 0 aliphatic heterocycles. The molecule has 0 atom stereocenters. The lowest BCUT2D eigenvalue weighted by Crippen LogP contribution is -2.06. The van der Waals surface area contributed by atoms with Crippen molar-refractivity contribution in [2.24, 2.45) is 0 Å². The summed E-state index contributed by atoms with van der Waals surface area (Å²) in [6.07, 6.45) is 1.50. The lowest BCUT2D eigenvalue weighted by atomic mass is 10.2. The quantitative estimate of drug-likeness (QED) is 0.645. The molecule has 0 fully saturated rings. The van der Waals surface area contributed by atoms with Crippen molar-refractivity contribution >= 4 is 17.5 Å². The number of hydrogen-bond donors (Lipinski definition) is 2. The topological polar surface area (TPSA) is 77.2 Å². The van der Waals surface area contributed by atoms with Gasteiger partial charge < -0.3 is 15.8 Å².